The Morgan fingerprint density at radius 1 is 1.35 bits per heavy atom. The normalized spacial score (nSPS) is 10.4. The van der Waals surface area contributed by atoms with Gasteiger partial charge in [-0.3, -0.25) is 0 Å². The Labute approximate surface area is 103 Å². The van der Waals surface area contributed by atoms with Crippen molar-refractivity contribution in [2.24, 2.45) is 0 Å². The van der Waals surface area contributed by atoms with Gasteiger partial charge in [0.15, 0.2) is 0 Å². The van der Waals surface area contributed by atoms with Crippen LogP contribution in [-0.2, 0) is 6.54 Å². The zero-order chi connectivity index (χ0) is 12.8. The fourth-order valence-corrected chi connectivity index (χ4v) is 1.51. The van der Waals surface area contributed by atoms with Crippen LogP contribution in [0.4, 0.5) is 10.5 Å². The third-order valence-corrected chi connectivity index (χ3v) is 2.43. The fourth-order valence-electron chi connectivity index (χ4n) is 1.51. The van der Waals surface area contributed by atoms with Gasteiger partial charge in [-0.15, -0.1) is 0 Å². The number of nitrogens with two attached hydrogens (primary N) is 1. The molecule has 94 valence electrons. The summed E-state index contributed by atoms with van der Waals surface area (Å²) in [6, 6.07) is 7.72. The molecule has 0 aliphatic heterocycles. The number of nitrogen functional groups attached to an aromatic ring is 1. The van der Waals surface area contributed by atoms with Gasteiger partial charge in [0.25, 0.3) is 0 Å². The topological polar surface area (TPSA) is 58.4 Å². The van der Waals surface area contributed by atoms with Gasteiger partial charge in [0.05, 0.1) is 0 Å². The maximum absolute atomic E-state index is 11.8. The minimum absolute atomic E-state index is 0.0284. The van der Waals surface area contributed by atoms with E-state index in [0.29, 0.717) is 13.1 Å². The molecule has 0 unspecified atom stereocenters. The second kappa shape index (κ2) is 6.13. The molecule has 1 rings (SSSR count). The van der Waals surface area contributed by atoms with Gasteiger partial charge in [-0.1, -0.05) is 12.1 Å². The monoisotopic (exact) mass is 235 g/mol. The van der Waals surface area contributed by atoms with Crippen LogP contribution in [0.3, 0.4) is 0 Å². The molecule has 0 fully saturated rings. The summed E-state index contributed by atoms with van der Waals surface area (Å²) in [4.78, 5) is 13.6. The molecule has 0 radical (unpaired) electrons. The number of nitrogens with one attached hydrogen (secondary N) is 1. The molecule has 0 heterocycles. The highest BCUT2D eigenvalue weighted by atomic mass is 16.2. The van der Waals surface area contributed by atoms with E-state index < -0.39 is 0 Å². The number of hydrogen-bond acceptors (Lipinski definition) is 2. The minimum Gasteiger partial charge on any atom is -0.399 e. The van der Waals surface area contributed by atoms with E-state index in [1.165, 1.54) is 0 Å². The summed E-state index contributed by atoms with van der Waals surface area (Å²) < 4.78 is 0. The summed E-state index contributed by atoms with van der Waals surface area (Å²) in [5.41, 5.74) is 7.45. The lowest BCUT2D eigenvalue weighted by Crippen LogP contribution is -2.42. The Kier molecular flexibility index (Phi) is 4.82. The highest BCUT2D eigenvalue weighted by molar-refractivity contribution is 5.74. The molecular weight excluding hydrogens is 214 g/mol. The summed E-state index contributed by atoms with van der Waals surface area (Å²) in [6.07, 6.45) is 0. The molecule has 0 aromatic heterocycles. The first-order chi connectivity index (χ1) is 8.02. The van der Waals surface area contributed by atoms with Crippen molar-refractivity contribution < 1.29 is 4.79 Å². The van der Waals surface area contributed by atoms with Crippen LogP contribution in [0.5, 0.6) is 0 Å². The predicted octanol–water partition coefficient (Wildman–Crippen LogP) is 2.21. The van der Waals surface area contributed by atoms with Gasteiger partial charge in [-0.25, -0.2) is 4.79 Å². The first-order valence-corrected chi connectivity index (χ1v) is 5.92. The van der Waals surface area contributed by atoms with Crippen LogP contribution in [0, 0.1) is 0 Å². The van der Waals surface area contributed by atoms with Gasteiger partial charge < -0.3 is 16.0 Å². The molecule has 0 spiro atoms. The SMILES string of the molecule is CCN(Cc1ccc(N)cc1)C(=O)NC(C)C. The van der Waals surface area contributed by atoms with Crippen molar-refractivity contribution in [2.75, 3.05) is 12.3 Å². The van der Waals surface area contributed by atoms with Crippen LogP contribution in [-0.4, -0.2) is 23.5 Å². The molecule has 0 saturated carbocycles. The van der Waals surface area contributed by atoms with Crippen molar-refractivity contribution in [1.82, 2.24) is 10.2 Å². The van der Waals surface area contributed by atoms with Gasteiger partial charge in [-0.2, -0.15) is 0 Å². The first-order valence-electron chi connectivity index (χ1n) is 5.92. The van der Waals surface area contributed by atoms with E-state index in [1.807, 2.05) is 45.0 Å². The molecule has 17 heavy (non-hydrogen) atoms. The third-order valence-electron chi connectivity index (χ3n) is 2.43. The van der Waals surface area contributed by atoms with Crippen molar-refractivity contribution >= 4 is 11.7 Å². The number of benzene rings is 1. The Bertz CT molecular complexity index is 359. The number of carbonyl (C=O) groups is 1. The number of rotatable bonds is 4. The number of nitrogens with zero attached hydrogens (tertiary/aromatic N) is 1. The fraction of sp³-hybridized carbons (Fsp3) is 0.462. The van der Waals surface area contributed by atoms with E-state index in [9.17, 15) is 4.79 Å². The maximum Gasteiger partial charge on any atom is 0.317 e. The van der Waals surface area contributed by atoms with Crippen molar-refractivity contribution in [3.05, 3.63) is 29.8 Å². The van der Waals surface area contributed by atoms with Crippen LogP contribution in [0.15, 0.2) is 24.3 Å². The minimum atomic E-state index is -0.0284. The van der Waals surface area contributed by atoms with Crippen LogP contribution >= 0.6 is 0 Å². The molecule has 2 amide bonds. The van der Waals surface area contributed by atoms with Crippen molar-refractivity contribution in [2.45, 2.75) is 33.4 Å². The quantitative estimate of drug-likeness (QED) is 0.786. The molecule has 0 atom stereocenters. The predicted molar refractivity (Wildman–Crippen MR) is 70.6 cm³/mol. The Hall–Kier alpha value is -1.71. The van der Waals surface area contributed by atoms with Crippen LogP contribution in [0.2, 0.25) is 0 Å². The molecule has 1 aromatic carbocycles. The number of carbonyl (C=O) groups excluding carboxylic acids is 1. The number of anilines is 1. The second-order valence-electron chi connectivity index (χ2n) is 4.36. The Morgan fingerprint density at radius 3 is 2.41 bits per heavy atom. The van der Waals surface area contributed by atoms with Crippen LogP contribution in [0.1, 0.15) is 26.3 Å². The van der Waals surface area contributed by atoms with Gasteiger partial charge >= 0.3 is 6.03 Å². The lowest BCUT2D eigenvalue weighted by molar-refractivity contribution is 0.195. The molecular formula is C13H21N3O. The van der Waals surface area contributed by atoms with Crippen molar-refractivity contribution in [3.8, 4) is 0 Å². The zero-order valence-corrected chi connectivity index (χ0v) is 10.7. The number of amides is 2. The Morgan fingerprint density at radius 2 is 1.94 bits per heavy atom. The second-order valence-corrected chi connectivity index (χ2v) is 4.36. The Balaban J connectivity index is 2.63. The average Bonchev–Trinajstić information content (AvgIpc) is 2.27. The van der Waals surface area contributed by atoms with Crippen LogP contribution < -0.4 is 11.1 Å². The molecule has 0 aliphatic rings. The average molecular weight is 235 g/mol. The number of urea groups is 1. The van der Waals surface area contributed by atoms with E-state index in [0.717, 1.165) is 11.3 Å². The van der Waals surface area contributed by atoms with E-state index in [1.54, 1.807) is 4.90 Å². The summed E-state index contributed by atoms with van der Waals surface area (Å²) >= 11 is 0. The standard InChI is InChI=1S/C13H21N3O/c1-4-16(13(17)15-10(2)3)9-11-5-7-12(14)8-6-11/h5-8,10H,4,9,14H2,1-3H3,(H,15,17). The lowest BCUT2D eigenvalue weighted by Gasteiger charge is -2.22. The molecule has 4 nitrogen and oxygen atoms in total. The zero-order valence-electron chi connectivity index (χ0n) is 10.7. The van der Waals surface area contributed by atoms with Gasteiger partial charge in [0.2, 0.25) is 0 Å². The van der Waals surface area contributed by atoms with Crippen molar-refractivity contribution in [1.29, 1.82) is 0 Å². The van der Waals surface area contributed by atoms with Gasteiger partial charge in [0.1, 0.15) is 0 Å². The maximum atomic E-state index is 11.8. The van der Waals surface area contributed by atoms with Crippen molar-refractivity contribution in [3.63, 3.8) is 0 Å². The highest BCUT2D eigenvalue weighted by Gasteiger charge is 2.12. The molecule has 0 bridgehead atoms. The molecule has 0 saturated heterocycles. The summed E-state index contributed by atoms with van der Waals surface area (Å²) in [6.45, 7) is 7.17. The molecule has 4 heteroatoms. The molecule has 3 N–H and O–H groups in total. The molecule has 0 aliphatic carbocycles. The highest BCUT2D eigenvalue weighted by Crippen LogP contribution is 2.08. The van der Waals surface area contributed by atoms with Gasteiger partial charge in [-0.05, 0) is 38.5 Å². The largest absolute Gasteiger partial charge is 0.399 e. The third kappa shape index (κ3) is 4.34. The number of hydrogen-bond donors (Lipinski definition) is 2. The lowest BCUT2D eigenvalue weighted by atomic mass is 10.2. The summed E-state index contributed by atoms with van der Waals surface area (Å²) in [5.74, 6) is 0. The smallest absolute Gasteiger partial charge is 0.317 e. The van der Waals surface area contributed by atoms with Gasteiger partial charge in [0, 0.05) is 24.8 Å². The first kappa shape index (κ1) is 13.4. The van der Waals surface area contributed by atoms with Crippen LogP contribution in [0.25, 0.3) is 0 Å². The van der Waals surface area contributed by atoms with E-state index in [2.05, 4.69) is 5.32 Å². The van der Waals surface area contributed by atoms with E-state index in [4.69, 9.17) is 5.73 Å². The van der Waals surface area contributed by atoms with E-state index >= 15 is 0 Å². The van der Waals surface area contributed by atoms with E-state index in [-0.39, 0.29) is 12.1 Å². The molecule has 1 aromatic rings. The summed E-state index contributed by atoms with van der Waals surface area (Å²) in [5, 5.41) is 2.89. The summed E-state index contributed by atoms with van der Waals surface area (Å²) in [7, 11) is 0.